The van der Waals surface area contributed by atoms with Gasteiger partial charge in [0, 0.05) is 32.4 Å². The first-order chi connectivity index (χ1) is 29.4. The van der Waals surface area contributed by atoms with Crippen molar-refractivity contribution >= 4 is 11.9 Å². The first kappa shape index (κ1) is 52.0. The highest BCUT2D eigenvalue weighted by Gasteiger charge is 2.57. The first-order valence-corrected chi connectivity index (χ1v) is 26.9. The monoisotopic (exact) mass is 849 g/mol. The van der Waals surface area contributed by atoms with Crippen molar-refractivity contribution < 1.29 is 14.3 Å². The number of carbonyl (C=O) groups excluding carboxylic acids is 2. The predicted octanol–water partition coefficient (Wildman–Crippen LogP) is 15.5. The van der Waals surface area contributed by atoms with Gasteiger partial charge in [-0.15, -0.1) is 0 Å². The van der Waals surface area contributed by atoms with Crippen LogP contribution in [0, 0.1) is 40.4 Å². The van der Waals surface area contributed by atoms with Gasteiger partial charge in [0.1, 0.15) is 6.10 Å². The smallest absolute Gasteiger partial charge is 0.306 e. The van der Waals surface area contributed by atoms with Gasteiger partial charge in [-0.3, -0.25) is 9.59 Å². The molecule has 0 aromatic heterocycles. The van der Waals surface area contributed by atoms with Crippen LogP contribution in [0.1, 0.15) is 241 Å². The van der Waals surface area contributed by atoms with E-state index < -0.39 is 0 Å². The molecule has 0 spiro atoms. The third-order valence-electron chi connectivity index (χ3n) is 16.7. The molecule has 3 fully saturated rings. The van der Waals surface area contributed by atoms with E-state index in [1.165, 1.54) is 140 Å². The van der Waals surface area contributed by atoms with Gasteiger partial charge in [0.15, 0.2) is 0 Å². The van der Waals surface area contributed by atoms with Crippen molar-refractivity contribution in [3.63, 3.8) is 0 Å². The Hall–Kier alpha value is -1.62. The van der Waals surface area contributed by atoms with Crippen molar-refractivity contribution in [1.29, 1.82) is 0 Å². The van der Waals surface area contributed by atoms with Crippen molar-refractivity contribution in [2.24, 2.45) is 40.4 Å². The molecule has 5 nitrogen and oxygen atoms in total. The Morgan fingerprint density at radius 3 is 1.90 bits per heavy atom. The SMILES string of the molecule is CCCCCCCCCCCCCCCCCC(=O)N(CCCCCC(=O)OC1CCC2(C)C(=CC=C3C2CCC2(C)C3CCC2C(C)CCCC(C)C)C1)CCCN(C)C. The van der Waals surface area contributed by atoms with Gasteiger partial charge in [-0.2, -0.15) is 0 Å². The molecular formula is C56H100N2O3. The summed E-state index contributed by atoms with van der Waals surface area (Å²) in [5.74, 6) is 4.22. The zero-order valence-corrected chi connectivity index (χ0v) is 41.8. The largest absolute Gasteiger partial charge is 0.462 e. The quantitative estimate of drug-likeness (QED) is 0.0500. The van der Waals surface area contributed by atoms with E-state index in [0.717, 1.165) is 94.7 Å². The molecule has 1 amide bonds. The number of amides is 1. The number of esters is 1. The van der Waals surface area contributed by atoms with Crippen molar-refractivity contribution in [2.45, 2.75) is 247 Å². The van der Waals surface area contributed by atoms with Crippen LogP contribution in [0.4, 0.5) is 0 Å². The topological polar surface area (TPSA) is 49.9 Å². The van der Waals surface area contributed by atoms with Crippen molar-refractivity contribution in [3.05, 3.63) is 23.3 Å². The lowest BCUT2D eigenvalue weighted by molar-refractivity contribution is -0.151. The second kappa shape index (κ2) is 27.6. The molecule has 7 atom stereocenters. The summed E-state index contributed by atoms with van der Waals surface area (Å²) in [5.41, 5.74) is 3.99. The maximum absolute atomic E-state index is 13.3. The molecule has 0 bridgehead atoms. The summed E-state index contributed by atoms with van der Waals surface area (Å²) in [6.45, 7) is 17.4. The van der Waals surface area contributed by atoms with Crippen LogP contribution in [0.3, 0.4) is 0 Å². The Bertz CT molecular complexity index is 1320. The van der Waals surface area contributed by atoms with Gasteiger partial charge in [0.05, 0.1) is 0 Å². The van der Waals surface area contributed by atoms with Crippen molar-refractivity contribution in [3.8, 4) is 0 Å². The van der Waals surface area contributed by atoms with Gasteiger partial charge in [-0.05, 0) is 125 Å². The molecule has 0 N–H and O–H groups in total. The summed E-state index contributed by atoms with van der Waals surface area (Å²) in [6, 6.07) is 0. The van der Waals surface area contributed by atoms with Gasteiger partial charge in [-0.1, -0.05) is 180 Å². The van der Waals surface area contributed by atoms with E-state index in [2.05, 4.69) is 77.6 Å². The van der Waals surface area contributed by atoms with Crippen LogP contribution < -0.4 is 0 Å². The maximum Gasteiger partial charge on any atom is 0.306 e. The Balaban J connectivity index is 1.11. The van der Waals surface area contributed by atoms with Gasteiger partial charge in [0.2, 0.25) is 5.91 Å². The van der Waals surface area contributed by atoms with Crippen LogP contribution in [0.25, 0.3) is 0 Å². The number of fused-ring (bicyclic) bond motifs is 5. The molecule has 7 unspecified atom stereocenters. The molecule has 0 aromatic carbocycles. The van der Waals surface area contributed by atoms with E-state index in [0.29, 0.717) is 30.1 Å². The number of ether oxygens (including phenoxy) is 1. The number of unbranched alkanes of at least 4 members (excludes halogenated alkanes) is 16. The van der Waals surface area contributed by atoms with E-state index >= 15 is 0 Å². The molecule has 3 saturated carbocycles. The Labute approximate surface area is 378 Å². The third kappa shape index (κ3) is 16.7. The number of carbonyl (C=O) groups is 2. The Kier molecular flexibility index (Phi) is 23.6. The molecule has 352 valence electrons. The summed E-state index contributed by atoms with van der Waals surface area (Å²) in [6.07, 6.45) is 42.8. The normalized spacial score (nSPS) is 26.4. The van der Waals surface area contributed by atoms with Gasteiger partial charge in [0.25, 0.3) is 0 Å². The number of hydrogen-bond donors (Lipinski definition) is 0. The second-order valence-electron chi connectivity index (χ2n) is 22.3. The maximum atomic E-state index is 13.3. The van der Waals surface area contributed by atoms with E-state index in [1.807, 2.05) is 0 Å². The fraction of sp³-hybridized carbons (Fsp3) is 0.893. The lowest BCUT2D eigenvalue weighted by atomic mass is 9.50. The average Bonchev–Trinajstić information content (AvgIpc) is 3.58. The summed E-state index contributed by atoms with van der Waals surface area (Å²) in [4.78, 5) is 30.8. The summed E-state index contributed by atoms with van der Waals surface area (Å²) in [5, 5.41) is 0. The fourth-order valence-electron chi connectivity index (χ4n) is 12.8. The second-order valence-corrected chi connectivity index (χ2v) is 22.3. The predicted molar refractivity (Wildman–Crippen MR) is 261 cm³/mol. The number of hydrogen-bond acceptors (Lipinski definition) is 4. The molecule has 5 heteroatoms. The third-order valence-corrected chi connectivity index (χ3v) is 16.7. The minimum absolute atomic E-state index is 0.0164. The van der Waals surface area contributed by atoms with Crippen LogP contribution in [0.2, 0.25) is 0 Å². The van der Waals surface area contributed by atoms with E-state index in [4.69, 9.17) is 4.74 Å². The molecule has 0 aromatic rings. The summed E-state index contributed by atoms with van der Waals surface area (Å²) in [7, 11) is 4.22. The standard InChI is InChI=1S/C56H100N2O3/c1-9-10-11-12-13-14-15-16-17-18-19-20-21-22-24-31-53(59)58(43-28-41-57(7)8)42-26-23-25-32-54(60)61-48-37-39-55(5)47(44-48)33-34-49-51-36-35-50(46(4)30-27-29-45(2)3)56(51,6)40-38-52(49)55/h33-34,45-46,48,50-52H,9-32,35-44H2,1-8H3. The van der Waals surface area contributed by atoms with Crippen molar-refractivity contribution in [2.75, 3.05) is 33.7 Å². The lowest BCUT2D eigenvalue weighted by Crippen LogP contribution is -2.46. The Morgan fingerprint density at radius 2 is 1.26 bits per heavy atom. The number of nitrogens with zero attached hydrogens (tertiary/aromatic N) is 2. The van der Waals surface area contributed by atoms with E-state index in [-0.39, 0.29) is 17.5 Å². The molecule has 4 rings (SSSR count). The molecule has 0 aliphatic heterocycles. The highest BCUT2D eigenvalue weighted by molar-refractivity contribution is 5.76. The zero-order chi connectivity index (χ0) is 44.1. The fourth-order valence-corrected chi connectivity index (χ4v) is 12.8. The van der Waals surface area contributed by atoms with Crippen LogP contribution in [0.5, 0.6) is 0 Å². The molecule has 0 saturated heterocycles. The zero-order valence-electron chi connectivity index (χ0n) is 41.8. The van der Waals surface area contributed by atoms with Crippen LogP contribution >= 0.6 is 0 Å². The molecule has 0 heterocycles. The molecule has 61 heavy (non-hydrogen) atoms. The molecular weight excluding hydrogens is 749 g/mol. The Morgan fingerprint density at radius 1 is 0.656 bits per heavy atom. The summed E-state index contributed by atoms with van der Waals surface area (Å²) < 4.78 is 6.18. The van der Waals surface area contributed by atoms with Crippen LogP contribution in [0.15, 0.2) is 23.3 Å². The van der Waals surface area contributed by atoms with Crippen LogP contribution in [-0.4, -0.2) is 61.5 Å². The molecule has 0 radical (unpaired) electrons. The summed E-state index contributed by atoms with van der Waals surface area (Å²) >= 11 is 0. The van der Waals surface area contributed by atoms with E-state index in [1.54, 1.807) is 5.57 Å². The van der Waals surface area contributed by atoms with Crippen LogP contribution in [-0.2, 0) is 14.3 Å². The first-order valence-electron chi connectivity index (χ1n) is 26.9. The minimum Gasteiger partial charge on any atom is -0.462 e. The highest BCUT2D eigenvalue weighted by atomic mass is 16.5. The lowest BCUT2D eigenvalue weighted by Gasteiger charge is -2.55. The number of rotatable bonds is 32. The molecule has 4 aliphatic carbocycles. The highest BCUT2D eigenvalue weighted by Crippen LogP contribution is 2.66. The van der Waals surface area contributed by atoms with Gasteiger partial charge in [-0.25, -0.2) is 0 Å². The van der Waals surface area contributed by atoms with Crippen molar-refractivity contribution in [1.82, 2.24) is 9.80 Å². The minimum atomic E-state index is -0.0266. The van der Waals surface area contributed by atoms with Gasteiger partial charge < -0.3 is 14.5 Å². The van der Waals surface area contributed by atoms with Gasteiger partial charge >= 0.3 is 5.97 Å². The van der Waals surface area contributed by atoms with E-state index in [9.17, 15) is 9.59 Å². The average molecular weight is 849 g/mol. The molecule has 4 aliphatic rings. The number of allylic oxidation sites excluding steroid dienone is 3.